The molecule has 76 valence electrons. The summed E-state index contributed by atoms with van der Waals surface area (Å²) in [6.45, 7) is 0.612. The Morgan fingerprint density at radius 2 is 2.43 bits per heavy atom. The van der Waals surface area contributed by atoms with Gasteiger partial charge >= 0.3 is 0 Å². The molecule has 0 N–H and O–H groups in total. The van der Waals surface area contributed by atoms with Crippen molar-refractivity contribution in [3.05, 3.63) is 30.1 Å². The third-order valence-corrected chi connectivity index (χ3v) is 2.12. The Kier molecular flexibility index (Phi) is 4.46. The Balaban J connectivity index is 2.49. The van der Waals surface area contributed by atoms with Crippen LogP contribution in [0.2, 0.25) is 0 Å². The van der Waals surface area contributed by atoms with Gasteiger partial charge in [-0.15, -0.1) is 0 Å². The van der Waals surface area contributed by atoms with E-state index in [0.717, 1.165) is 5.56 Å². The molecule has 0 saturated heterocycles. The average Bonchev–Trinajstić information content (AvgIpc) is 2.19. The van der Waals surface area contributed by atoms with Crippen LogP contribution in [0.25, 0.3) is 0 Å². The van der Waals surface area contributed by atoms with E-state index in [1.807, 2.05) is 12.1 Å². The lowest BCUT2D eigenvalue weighted by molar-refractivity contribution is -0.129. The number of nitrogens with zero attached hydrogens (tertiary/aromatic N) is 2. The summed E-state index contributed by atoms with van der Waals surface area (Å²) in [6, 6.07) is 3.82. The predicted molar refractivity (Wildman–Crippen MR) is 59.2 cm³/mol. The number of carbonyl (C=O) groups is 1. The maximum absolute atomic E-state index is 11.4. The van der Waals surface area contributed by atoms with E-state index in [2.05, 4.69) is 17.6 Å². The van der Waals surface area contributed by atoms with Crippen LogP contribution in [0.3, 0.4) is 0 Å². The lowest BCUT2D eigenvalue weighted by Crippen LogP contribution is -2.26. The zero-order valence-corrected chi connectivity index (χ0v) is 9.08. The van der Waals surface area contributed by atoms with Gasteiger partial charge in [0.1, 0.15) is 0 Å². The summed E-state index contributed by atoms with van der Waals surface area (Å²) in [5, 5.41) is 0. The van der Waals surface area contributed by atoms with Gasteiger partial charge in [0.05, 0.1) is 0 Å². The molecule has 0 spiro atoms. The van der Waals surface area contributed by atoms with Gasteiger partial charge in [0.15, 0.2) is 0 Å². The number of pyridine rings is 1. The maximum Gasteiger partial charge on any atom is 0.223 e. The second-order valence-corrected chi connectivity index (χ2v) is 3.53. The van der Waals surface area contributed by atoms with Crippen LogP contribution in [-0.4, -0.2) is 28.6 Å². The van der Waals surface area contributed by atoms with Crippen molar-refractivity contribution in [2.45, 2.75) is 13.0 Å². The van der Waals surface area contributed by atoms with E-state index in [9.17, 15) is 4.79 Å². The van der Waals surface area contributed by atoms with E-state index < -0.39 is 0 Å². The standard InChI is InChI=1S/C10H14N2OS/c1-12(10(13)4-6-14)8-9-3-2-5-11-7-9/h2-3,5,7,14H,4,6,8H2,1H3. The minimum absolute atomic E-state index is 0.115. The molecule has 1 aromatic heterocycles. The van der Waals surface area contributed by atoms with E-state index >= 15 is 0 Å². The summed E-state index contributed by atoms with van der Waals surface area (Å²) < 4.78 is 0. The van der Waals surface area contributed by atoms with Crippen LogP contribution in [0.4, 0.5) is 0 Å². The number of rotatable bonds is 4. The Hall–Kier alpha value is -1.03. The zero-order valence-electron chi connectivity index (χ0n) is 8.18. The quantitative estimate of drug-likeness (QED) is 0.761. The van der Waals surface area contributed by atoms with Crippen LogP contribution in [0.15, 0.2) is 24.5 Å². The number of aromatic nitrogens is 1. The fourth-order valence-electron chi connectivity index (χ4n) is 1.14. The number of amides is 1. The van der Waals surface area contributed by atoms with Crippen LogP contribution in [0, 0.1) is 0 Å². The van der Waals surface area contributed by atoms with Crippen LogP contribution in [0.5, 0.6) is 0 Å². The van der Waals surface area contributed by atoms with E-state index in [1.54, 1.807) is 24.3 Å². The lowest BCUT2D eigenvalue weighted by atomic mass is 10.2. The van der Waals surface area contributed by atoms with Gasteiger partial charge in [-0.05, 0) is 17.4 Å². The molecule has 1 heterocycles. The molecule has 0 aromatic carbocycles. The number of carbonyl (C=O) groups excluding carboxylic acids is 1. The van der Waals surface area contributed by atoms with Crippen molar-refractivity contribution in [2.75, 3.05) is 12.8 Å². The second-order valence-electron chi connectivity index (χ2n) is 3.08. The molecule has 0 bridgehead atoms. The van der Waals surface area contributed by atoms with Gasteiger partial charge in [0.25, 0.3) is 0 Å². The zero-order chi connectivity index (χ0) is 10.4. The average molecular weight is 210 g/mol. The van der Waals surface area contributed by atoms with Gasteiger partial charge in [-0.25, -0.2) is 0 Å². The molecule has 4 heteroatoms. The minimum Gasteiger partial charge on any atom is -0.341 e. The van der Waals surface area contributed by atoms with Crippen molar-refractivity contribution < 1.29 is 4.79 Å². The predicted octanol–water partition coefficient (Wildman–Crippen LogP) is 1.36. The molecule has 1 amide bonds. The first-order valence-corrected chi connectivity index (χ1v) is 5.11. The van der Waals surface area contributed by atoms with Crippen molar-refractivity contribution in [2.24, 2.45) is 0 Å². The first kappa shape index (κ1) is 11.0. The van der Waals surface area contributed by atoms with Gasteiger partial charge in [0, 0.05) is 32.4 Å². The molecule has 1 aromatic rings. The molecule has 1 rings (SSSR count). The van der Waals surface area contributed by atoms with Crippen LogP contribution >= 0.6 is 12.6 Å². The van der Waals surface area contributed by atoms with Crippen molar-refractivity contribution in [1.82, 2.24) is 9.88 Å². The minimum atomic E-state index is 0.115. The van der Waals surface area contributed by atoms with Crippen molar-refractivity contribution in [3.63, 3.8) is 0 Å². The van der Waals surface area contributed by atoms with Gasteiger partial charge in [0.2, 0.25) is 5.91 Å². The monoisotopic (exact) mass is 210 g/mol. The molecular formula is C10H14N2OS. The Morgan fingerprint density at radius 1 is 1.64 bits per heavy atom. The van der Waals surface area contributed by atoms with Crippen molar-refractivity contribution in [1.29, 1.82) is 0 Å². The maximum atomic E-state index is 11.4. The molecule has 0 unspecified atom stereocenters. The van der Waals surface area contributed by atoms with Gasteiger partial charge in [-0.2, -0.15) is 12.6 Å². The lowest BCUT2D eigenvalue weighted by Gasteiger charge is -2.16. The molecule has 14 heavy (non-hydrogen) atoms. The highest BCUT2D eigenvalue weighted by Crippen LogP contribution is 2.02. The summed E-state index contributed by atoms with van der Waals surface area (Å²) in [5.74, 6) is 0.708. The van der Waals surface area contributed by atoms with Gasteiger partial charge in [-0.3, -0.25) is 9.78 Å². The third-order valence-electron chi connectivity index (χ3n) is 1.89. The van der Waals surface area contributed by atoms with E-state index in [1.165, 1.54) is 0 Å². The first-order valence-electron chi connectivity index (χ1n) is 4.47. The molecule has 0 aliphatic rings. The molecule has 0 aliphatic heterocycles. The summed E-state index contributed by atoms with van der Waals surface area (Å²) in [6.07, 6.45) is 3.98. The molecule has 0 radical (unpaired) electrons. The topological polar surface area (TPSA) is 33.2 Å². The highest BCUT2D eigenvalue weighted by Gasteiger charge is 2.07. The van der Waals surface area contributed by atoms with Crippen LogP contribution < -0.4 is 0 Å². The molecule has 3 nitrogen and oxygen atoms in total. The Labute approximate surface area is 89.6 Å². The van der Waals surface area contributed by atoms with E-state index in [4.69, 9.17) is 0 Å². The molecule has 0 aliphatic carbocycles. The largest absolute Gasteiger partial charge is 0.341 e. The summed E-state index contributed by atoms with van der Waals surface area (Å²) in [5.41, 5.74) is 1.04. The summed E-state index contributed by atoms with van der Waals surface area (Å²) in [4.78, 5) is 17.1. The highest BCUT2D eigenvalue weighted by atomic mass is 32.1. The highest BCUT2D eigenvalue weighted by molar-refractivity contribution is 7.80. The molecular weight excluding hydrogens is 196 g/mol. The SMILES string of the molecule is CN(Cc1cccnc1)C(=O)CCS. The van der Waals surface area contributed by atoms with Gasteiger partial charge in [-0.1, -0.05) is 6.07 Å². The van der Waals surface area contributed by atoms with Crippen LogP contribution in [0.1, 0.15) is 12.0 Å². The molecule has 0 saturated carbocycles. The normalized spacial score (nSPS) is 9.86. The third kappa shape index (κ3) is 3.38. The summed E-state index contributed by atoms with van der Waals surface area (Å²) in [7, 11) is 1.79. The second kappa shape index (κ2) is 5.65. The fraction of sp³-hybridized carbons (Fsp3) is 0.400. The number of thiol groups is 1. The molecule has 0 fully saturated rings. The fourth-order valence-corrected chi connectivity index (χ4v) is 1.33. The first-order chi connectivity index (χ1) is 6.74. The van der Waals surface area contributed by atoms with E-state index in [0.29, 0.717) is 18.7 Å². The van der Waals surface area contributed by atoms with Crippen LogP contribution in [-0.2, 0) is 11.3 Å². The van der Waals surface area contributed by atoms with Crippen molar-refractivity contribution >= 4 is 18.5 Å². The smallest absolute Gasteiger partial charge is 0.223 e. The van der Waals surface area contributed by atoms with Gasteiger partial charge < -0.3 is 4.90 Å². The Morgan fingerprint density at radius 3 is 3.00 bits per heavy atom. The summed E-state index contributed by atoms with van der Waals surface area (Å²) >= 11 is 4.02. The number of hydrogen-bond donors (Lipinski definition) is 1. The molecule has 0 atom stereocenters. The van der Waals surface area contributed by atoms with Crippen molar-refractivity contribution in [3.8, 4) is 0 Å². The van der Waals surface area contributed by atoms with E-state index in [-0.39, 0.29) is 5.91 Å². The number of hydrogen-bond acceptors (Lipinski definition) is 3. The Bertz CT molecular complexity index is 289.